The van der Waals surface area contributed by atoms with Gasteiger partial charge in [0.05, 0.1) is 11.0 Å². The Kier molecular flexibility index (Phi) is 3.56. The number of fused-ring (bicyclic) bond motifs is 1. The second-order valence-corrected chi connectivity index (χ2v) is 4.07. The van der Waals surface area contributed by atoms with E-state index in [1.807, 2.05) is 0 Å². The van der Waals surface area contributed by atoms with E-state index in [4.69, 9.17) is 0 Å². The molecule has 0 spiro atoms. The van der Waals surface area contributed by atoms with Gasteiger partial charge in [-0.05, 0) is 19.2 Å². The van der Waals surface area contributed by atoms with Gasteiger partial charge in [0.1, 0.15) is 12.4 Å². The highest BCUT2D eigenvalue weighted by atomic mass is 19.4. The largest absolute Gasteiger partial charge is 0.406 e. The zero-order valence-corrected chi connectivity index (χ0v) is 9.96. The molecule has 0 fully saturated rings. The summed E-state index contributed by atoms with van der Waals surface area (Å²) in [6, 6.07) is 6.88. The standard InChI is InChI=1S/C12H14F3N3/c1-16-7-6-11-17-9-4-2-3-5-10(9)18(11)8-12(13,14)15/h2-5,16H,6-8H2,1H3. The Bertz CT molecular complexity index is 531. The second-order valence-electron chi connectivity index (χ2n) is 4.07. The Morgan fingerprint density at radius 3 is 2.67 bits per heavy atom. The van der Waals surface area contributed by atoms with Crippen molar-refractivity contribution in [3.05, 3.63) is 30.1 Å². The summed E-state index contributed by atoms with van der Waals surface area (Å²) in [7, 11) is 1.76. The van der Waals surface area contributed by atoms with E-state index < -0.39 is 12.7 Å². The minimum Gasteiger partial charge on any atom is -0.319 e. The molecule has 0 atom stereocenters. The summed E-state index contributed by atoms with van der Waals surface area (Å²) in [5, 5.41) is 2.92. The van der Waals surface area contributed by atoms with Crippen LogP contribution in [0, 0.1) is 0 Å². The van der Waals surface area contributed by atoms with Crippen LogP contribution in [-0.4, -0.2) is 29.3 Å². The summed E-state index contributed by atoms with van der Waals surface area (Å²) < 4.78 is 39.0. The normalized spacial score (nSPS) is 12.2. The van der Waals surface area contributed by atoms with E-state index in [1.165, 1.54) is 4.57 Å². The monoisotopic (exact) mass is 257 g/mol. The molecule has 0 unspecified atom stereocenters. The third-order valence-electron chi connectivity index (χ3n) is 2.67. The number of para-hydroxylation sites is 2. The third kappa shape index (κ3) is 2.81. The van der Waals surface area contributed by atoms with Crippen LogP contribution in [-0.2, 0) is 13.0 Å². The lowest BCUT2D eigenvalue weighted by Crippen LogP contribution is -2.21. The molecule has 1 aromatic heterocycles. The minimum atomic E-state index is -4.24. The Labute approximate surface area is 103 Å². The van der Waals surface area contributed by atoms with Crippen molar-refractivity contribution < 1.29 is 13.2 Å². The van der Waals surface area contributed by atoms with E-state index in [-0.39, 0.29) is 0 Å². The first-order valence-corrected chi connectivity index (χ1v) is 5.67. The number of rotatable bonds is 4. The van der Waals surface area contributed by atoms with E-state index >= 15 is 0 Å². The molecule has 0 saturated heterocycles. The van der Waals surface area contributed by atoms with E-state index in [1.54, 1.807) is 31.3 Å². The van der Waals surface area contributed by atoms with Crippen LogP contribution in [0.1, 0.15) is 5.82 Å². The molecule has 0 aliphatic carbocycles. The smallest absolute Gasteiger partial charge is 0.319 e. The molecule has 1 aromatic carbocycles. The van der Waals surface area contributed by atoms with Gasteiger partial charge in [0.25, 0.3) is 0 Å². The van der Waals surface area contributed by atoms with Gasteiger partial charge in [-0.3, -0.25) is 0 Å². The highest BCUT2D eigenvalue weighted by molar-refractivity contribution is 5.75. The molecule has 0 aliphatic heterocycles. The highest BCUT2D eigenvalue weighted by Gasteiger charge is 2.30. The van der Waals surface area contributed by atoms with Crippen molar-refractivity contribution in [1.82, 2.24) is 14.9 Å². The van der Waals surface area contributed by atoms with Crippen molar-refractivity contribution in [3.8, 4) is 0 Å². The fourth-order valence-corrected chi connectivity index (χ4v) is 1.91. The number of benzene rings is 1. The van der Waals surface area contributed by atoms with E-state index in [9.17, 15) is 13.2 Å². The molecule has 3 nitrogen and oxygen atoms in total. The molecule has 2 aromatic rings. The van der Waals surface area contributed by atoms with Gasteiger partial charge in [-0.2, -0.15) is 13.2 Å². The SMILES string of the molecule is CNCCc1nc2ccccc2n1CC(F)(F)F. The number of halogens is 3. The summed E-state index contributed by atoms with van der Waals surface area (Å²) in [5.41, 5.74) is 1.13. The second kappa shape index (κ2) is 4.97. The van der Waals surface area contributed by atoms with Gasteiger partial charge in [-0.25, -0.2) is 4.98 Å². The van der Waals surface area contributed by atoms with Gasteiger partial charge >= 0.3 is 6.18 Å². The first-order valence-electron chi connectivity index (χ1n) is 5.67. The van der Waals surface area contributed by atoms with Crippen LogP contribution in [0.3, 0.4) is 0 Å². The van der Waals surface area contributed by atoms with Gasteiger partial charge in [-0.1, -0.05) is 12.1 Å². The van der Waals surface area contributed by atoms with Crippen LogP contribution in [0.25, 0.3) is 11.0 Å². The fraction of sp³-hybridized carbons (Fsp3) is 0.417. The van der Waals surface area contributed by atoms with Crippen molar-refractivity contribution in [1.29, 1.82) is 0 Å². The van der Waals surface area contributed by atoms with E-state index in [0.717, 1.165) is 0 Å². The van der Waals surface area contributed by atoms with Crippen molar-refractivity contribution >= 4 is 11.0 Å². The summed E-state index contributed by atoms with van der Waals surface area (Å²) in [5.74, 6) is 0.461. The van der Waals surface area contributed by atoms with Crippen LogP contribution >= 0.6 is 0 Å². The summed E-state index contributed by atoms with van der Waals surface area (Å²) >= 11 is 0. The number of likely N-dealkylation sites (N-methyl/N-ethyl adjacent to an activating group) is 1. The number of imidazole rings is 1. The van der Waals surface area contributed by atoms with Crippen molar-refractivity contribution in [2.75, 3.05) is 13.6 Å². The van der Waals surface area contributed by atoms with Gasteiger partial charge < -0.3 is 9.88 Å². The summed E-state index contributed by atoms with van der Waals surface area (Å²) in [4.78, 5) is 4.26. The number of hydrogen-bond donors (Lipinski definition) is 1. The highest BCUT2D eigenvalue weighted by Crippen LogP contribution is 2.23. The molecular formula is C12H14F3N3. The zero-order chi connectivity index (χ0) is 13.2. The molecule has 0 aliphatic rings. The first kappa shape index (κ1) is 12.9. The lowest BCUT2D eigenvalue weighted by atomic mass is 10.3. The van der Waals surface area contributed by atoms with E-state index in [2.05, 4.69) is 10.3 Å². The van der Waals surface area contributed by atoms with Crippen LogP contribution in [0.2, 0.25) is 0 Å². The Balaban J connectivity index is 2.44. The molecule has 1 N–H and O–H groups in total. The molecule has 0 radical (unpaired) electrons. The average Bonchev–Trinajstić information content (AvgIpc) is 2.63. The number of aromatic nitrogens is 2. The lowest BCUT2D eigenvalue weighted by Gasteiger charge is -2.11. The van der Waals surface area contributed by atoms with Gasteiger partial charge in [0, 0.05) is 13.0 Å². The summed E-state index contributed by atoms with van der Waals surface area (Å²) in [6.07, 6.45) is -3.76. The van der Waals surface area contributed by atoms with Gasteiger partial charge in [-0.15, -0.1) is 0 Å². The number of nitrogens with one attached hydrogen (secondary N) is 1. The molecule has 0 amide bonds. The maximum absolute atomic E-state index is 12.6. The average molecular weight is 257 g/mol. The molecule has 6 heteroatoms. The Morgan fingerprint density at radius 1 is 1.28 bits per heavy atom. The van der Waals surface area contributed by atoms with Crippen molar-refractivity contribution in [2.24, 2.45) is 0 Å². The minimum absolute atomic E-state index is 0.461. The maximum atomic E-state index is 12.6. The molecule has 2 rings (SSSR count). The van der Waals surface area contributed by atoms with Crippen molar-refractivity contribution in [2.45, 2.75) is 19.1 Å². The molecule has 18 heavy (non-hydrogen) atoms. The number of nitrogens with zero attached hydrogens (tertiary/aromatic N) is 2. The Morgan fingerprint density at radius 2 is 2.00 bits per heavy atom. The summed E-state index contributed by atoms with van der Waals surface area (Å²) in [6.45, 7) is -0.395. The molecule has 1 heterocycles. The van der Waals surface area contributed by atoms with E-state index in [0.29, 0.717) is 29.8 Å². The first-order chi connectivity index (χ1) is 8.51. The molecule has 0 bridgehead atoms. The predicted octanol–water partition coefficient (Wildman–Crippen LogP) is 2.36. The van der Waals surface area contributed by atoms with Crippen LogP contribution in [0.4, 0.5) is 13.2 Å². The third-order valence-corrected chi connectivity index (χ3v) is 2.67. The van der Waals surface area contributed by atoms with Gasteiger partial charge in [0.2, 0.25) is 0 Å². The topological polar surface area (TPSA) is 29.9 Å². The van der Waals surface area contributed by atoms with Gasteiger partial charge in [0.15, 0.2) is 0 Å². The molecule has 98 valence electrons. The number of alkyl halides is 3. The van der Waals surface area contributed by atoms with Crippen molar-refractivity contribution in [3.63, 3.8) is 0 Å². The maximum Gasteiger partial charge on any atom is 0.406 e. The number of hydrogen-bond acceptors (Lipinski definition) is 2. The quantitative estimate of drug-likeness (QED) is 0.911. The fourth-order valence-electron chi connectivity index (χ4n) is 1.91. The van der Waals surface area contributed by atoms with Crippen LogP contribution < -0.4 is 5.32 Å². The predicted molar refractivity (Wildman–Crippen MR) is 63.4 cm³/mol. The van der Waals surface area contributed by atoms with Crippen LogP contribution in [0.15, 0.2) is 24.3 Å². The lowest BCUT2D eigenvalue weighted by molar-refractivity contribution is -0.140. The molecular weight excluding hydrogens is 243 g/mol. The zero-order valence-electron chi connectivity index (χ0n) is 9.96. The van der Waals surface area contributed by atoms with Crippen LogP contribution in [0.5, 0.6) is 0 Å². The Hall–Kier alpha value is -1.56. The molecule has 0 saturated carbocycles.